The van der Waals surface area contributed by atoms with Crippen molar-refractivity contribution in [1.29, 1.82) is 0 Å². The largest absolute Gasteiger partial charge is 0.454 e. The van der Waals surface area contributed by atoms with Gasteiger partial charge in [-0.25, -0.2) is 0 Å². The van der Waals surface area contributed by atoms with Crippen LogP contribution in [0.4, 0.5) is 5.69 Å². The van der Waals surface area contributed by atoms with Crippen LogP contribution in [-0.4, -0.2) is 24.1 Å². The molecule has 4 rings (SSSR count). The van der Waals surface area contributed by atoms with Crippen molar-refractivity contribution >= 4 is 17.5 Å². The summed E-state index contributed by atoms with van der Waals surface area (Å²) in [5, 5.41) is 6.04. The molecule has 164 valence electrons. The van der Waals surface area contributed by atoms with Gasteiger partial charge < -0.3 is 20.1 Å². The first kappa shape index (κ1) is 21.2. The van der Waals surface area contributed by atoms with Crippen LogP contribution >= 0.6 is 0 Å². The number of benzene rings is 2. The first-order chi connectivity index (χ1) is 14.8. The second-order valence-electron chi connectivity index (χ2n) is 9.45. The smallest absolute Gasteiger partial charge is 0.251 e. The van der Waals surface area contributed by atoms with Crippen molar-refractivity contribution in [2.45, 2.75) is 63.8 Å². The minimum Gasteiger partial charge on any atom is -0.454 e. The Bertz CT molecular complexity index is 970. The molecule has 6 nitrogen and oxygen atoms in total. The van der Waals surface area contributed by atoms with Crippen molar-refractivity contribution in [1.82, 2.24) is 5.32 Å². The predicted octanol–water partition coefficient (Wildman–Crippen LogP) is 4.78. The highest BCUT2D eigenvalue weighted by Crippen LogP contribution is 2.44. The Morgan fingerprint density at radius 2 is 1.58 bits per heavy atom. The molecule has 0 spiro atoms. The second-order valence-corrected chi connectivity index (χ2v) is 9.45. The molecule has 2 N–H and O–H groups in total. The molecule has 0 saturated heterocycles. The van der Waals surface area contributed by atoms with E-state index in [4.69, 9.17) is 9.47 Å². The summed E-state index contributed by atoms with van der Waals surface area (Å²) < 4.78 is 11.0. The monoisotopic (exact) mass is 422 g/mol. The molecule has 2 aliphatic rings. The average molecular weight is 423 g/mol. The highest BCUT2D eigenvalue weighted by Gasteiger charge is 2.42. The number of rotatable bonds is 4. The molecule has 0 bridgehead atoms. The normalized spacial score (nSPS) is 17.1. The third-order valence-corrected chi connectivity index (χ3v) is 5.96. The lowest BCUT2D eigenvalue weighted by atomic mass is 9.68. The highest BCUT2D eigenvalue weighted by molar-refractivity contribution is 6.00. The van der Waals surface area contributed by atoms with Gasteiger partial charge in [-0.1, -0.05) is 25.3 Å². The standard InChI is InChI=1S/C25H30N2O4/c1-24(2,3)27-22(28)17-7-10-19(11-8-17)26-23(29)25(13-5-4-6-14-25)18-9-12-20-21(15-18)31-16-30-20/h7-12,15H,4-6,13-14,16H2,1-3H3,(H,26,29)(H,27,28). The van der Waals surface area contributed by atoms with Crippen LogP contribution < -0.4 is 20.1 Å². The third kappa shape index (κ3) is 4.53. The van der Waals surface area contributed by atoms with E-state index in [1.165, 1.54) is 0 Å². The molecule has 1 saturated carbocycles. The molecule has 1 heterocycles. The average Bonchev–Trinajstić information content (AvgIpc) is 3.21. The summed E-state index contributed by atoms with van der Waals surface area (Å²) in [4.78, 5) is 25.9. The molecule has 2 aromatic carbocycles. The van der Waals surface area contributed by atoms with Crippen LogP contribution in [-0.2, 0) is 10.2 Å². The van der Waals surface area contributed by atoms with Gasteiger partial charge in [0.25, 0.3) is 5.91 Å². The van der Waals surface area contributed by atoms with Crippen LogP contribution in [0.3, 0.4) is 0 Å². The Labute approximate surface area is 183 Å². The van der Waals surface area contributed by atoms with Crippen molar-refractivity contribution in [2.24, 2.45) is 0 Å². The van der Waals surface area contributed by atoms with E-state index >= 15 is 0 Å². The van der Waals surface area contributed by atoms with E-state index in [0.29, 0.717) is 17.0 Å². The summed E-state index contributed by atoms with van der Waals surface area (Å²) in [7, 11) is 0. The molecule has 2 aromatic rings. The second kappa shape index (κ2) is 8.25. The SMILES string of the molecule is CC(C)(C)NC(=O)c1ccc(NC(=O)C2(c3ccc4c(c3)OCO4)CCCCC2)cc1. The lowest BCUT2D eigenvalue weighted by Crippen LogP contribution is -2.42. The van der Waals surface area contributed by atoms with Gasteiger partial charge >= 0.3 is 0 Å². The number of amides is 2. The summed E-state index contributed by atoms with van der Waals surface area (Å²) >= 11 is 0. The number of carbonyl (C=O) groups excluding carboxylic acids is 2. The first-order valence-electron chi connectivity index (χ1n) is 10.9. The quantitative estimate of drug-likeness (QED) is 0.743. The van der Waals surface area contributed by atoms with Gasteiger partial charge in [0.1, 0.15) is 0 Å². The van der Waals surface area contributed by atoms with Crippen molar-refractivity contribution in [3.63, 3.8) is 0 Å². The van der Waals surface area contributed by atoms with Gasteiger partial charge in [-0.3, -0.25) is 9.59 Å². The summed E-state index contributed by atoms with van der Waals surface area (Å²) in [5.41, 5.74) is 1.32. The first-order valence-corrected chi connectivity index (χ1v) is 10.9. The maximum Gasteiger partial charge on any atom is 0.251 e. The van der Waals surface area contributed by atoms with Gasteiger partial charge in [-0.2, -0.15) is 0 Å². The van der Waals surface area contributed by atoms with Crippen LogP contribution in [0, 0.1) is 0 Å². The number of anilines is 1. The van der Waals surface area contributed by atoms with Crippen LogP contribution in [0.25, 0.3) is 0 Å². The zero-order valence-electron chi connectivity index (χ0n) is 18.4. The maximum absolute atomic E-state index is 13.5. The van der Waals surface area contributed by atoms with Gasteiger partial charge in [0.15, 0.2) is 11.5 Å². The molecule has 6 heteroatoms. The molecule has 0 atom stereocenters. The minimum atomic E-state index is -0.596. The van der Waals surface area contributed by atoms with Crippen LogP contribution in [0.2, 0.25) is 0 Å². The Hall–Kier alpha value is -3.02. The molecule has 0 unspecified atom stereocenters. The molecule has 2 amide bonds. The van der Waals surface area contributed by atoms with E-state index < -0.39 is 5.41 Å². The predicted molar refractivity (Wildman–Crippen MR) is 120 cm³/mol. The Morgan fingerprint density at radius 3 is 2.26 bits per heavy atom. The number of ether oxygens (including phenoxy) is 2. The molecule has 1 fully saturated rings. The summed E-state index contributed by atoms with van der Waals surface area (Å²) in [6, 6.07) is 12.9. The summed E-state index contributed by atoms with van der Waals surface area (Å²) in [6.45, 7) is 6.05. The zero-order valence-corrected chi connectivity index (χ0v) is 18.4. The van der Waals surface area contributed by atoms with Gasteiger partial charge in [-0.15, -0.1) is 0 Å². The van der Waals surface area contributed by atoms with Crippen LogP contribution in [0.1, 0.15) is 68.8 Å². The maximum atomic E-state index is 13.5. The Morgan fingerprint density at radius 1 is 0.903 bits per heavy atom. The lowest BCUT2D eigenvalue weighted by molar-refractivity contribution is -0.122. The van der Waals surface area contributed by atoms with Gasteiger partial charge in [0.05, 0.1) is 5.41 Å². The fourth-order valence-electron chi connectivity index (χ4n) is 4.36. The topological polar surface area (TPSA) is 76.7 Å². The molecular formula is C25H30N2O4. The van der Waals surface area contributed by atoms with E-state index in [0.717, 1.165) is 43.4 Å². The lowest BCUT2D eigenvalue weighted by Gasteiger charge is -2.36. The Kier molecular flexibility index (Phi) is 5.65. The van der Waals surface area contributed by atoms with Crippen LogP contribution in [0.5, 0.6) is 11.5 Å². The van der Waals surface area contributed by atoms with E-state index in [-0.39, 0.29) is 24.1 Å². The fraction of sp³-hybridized carbons (Fsp3) is 0.440. The third-order valence-electron chi connectivity index (χ3n) is 5.96. The van der Waals surface area contributed by atoms with E-state index in [1.807, 2.05) is 39.0 Å². The van der Waals surface area contributed by atoms with E-state index in [9.17, 15) is 9.59 Å². The summed E-state index contributed by atoms with van der Waals surface area (Å²) in [5.74, 6) is 1.27. The van der Waals surface area contributed by atoms with Crippen molar-refractivity contribution in [2.75, 3.05) is 12.1 Å². The number of nitrogens with one attached hydrogen (secondary N) is 2. The molecule has 1 aliphatic heterocycles. The molecule has 0 aromatic heterocycles. The van der Waals surface area contributed by atoms with Crippen molar-refractivity contribution < 1.29 is 19.1 Å². The van der Waals surface area contributed by atoms with E-state index in [2.05, 4.69) is 10.6 Å². The van der Waals surface area contributed by atoms with Crippen molar-refractivity contribution in [3.8, 4) is 11.5 Å². The van der Waals surface area contributed by atoms with E-state index in [1.54, 1.807) is 24.3 Å². The number of carbonyl (C=O) groups is 2. The number of fused-ring (bicyclic) bond motifs is 1. The van der Waals surface area contributed by atoms with Gasteiger partial charge in [0.2, 0.25) is 12.7 Å². The molecule has 1 aliphatic carbocycles. The summed E-state index contributed by atoms with van der Waals surface area (Å²) in [6.07, 6.45) is 4.74. The van der Waals surface area contributed by atoms with Crippen LogP contribution in [0.15, 0.2) is 42.5 Å². The minimum absolute atomic E-state index is 0.0158. The van der Waals surface area contributed by atoms with Gasteiger partial charge in [0, 0.05) is 16.8 Å². The fourth-order valence-corrected chi connectivity index (χ4v) is 4.36. The number of hydrogen-bond acceptors (Lipinski definition) is 4. The molecular weight excluding hydrogens is 392 g/mol. The molecule has 31 heavy (non-hydrogen) atoms. The number of hydrogen-bond donors (Lipinski definition) is 2. The highest BCUT2D eigenvalue weighted by atomic mass is 16.7. The zero-order chi connectivity index (χ0) is 22.1. The molecule has 0 radical (unpaired) electrons. The van der Waals surface area contributed by atoms with Crippen molar-refractivity contribution in [3.05, 3.63) is 53.6 Å². The Balaban J connectivity index is 1.54. The van der Waals surface area contributed by atoms with Gasteiger partial charge in [-0.05, 0) is 75.6 Å².